The lowest BCUT2D eigenvalue weighted by Gasteiger charge is -2.16. The molecule has 1 aliphatic rings. The smallest absolute Gasteiger partial charge is 0.140 e. The van der Waals surface area contributed by atoms with Crippen LogP contribution in [0.25, 0.3) is 16.7 Å². The first-order chi connectivity index (χ1) is 24.2. The fourth-order valence-electron chi connectivity index (χ4n) is 6.71. The molecule has 0 atom stereocenters. The first-order valence-corrected chi connectivity index (χ1v) is 15.5. The molecule has 0 N–H and O–H groups in total. The largest absolute Gasteiger partial charge is 0.192 e. The normalized spacial score (nSPS) is 10.8. The molecule has 0 bridgehead atoms. The minimum absolute atomic E-state index is 0.00902. The Morgan fingerprint density at radius 3 is 0.549 bits per heavy atom. The van der Waals surface area contributed by atoms with Crippen molar-refractivity contribution in [2.75, 3.05) is 0 Å². The van der Waals surface area contributed by atoms with Crippen LogP contribution in [0.15, 0.2) is 16.7 Å². The SMILES string of the molecule is Bc1c(B)c(C#N)c(C(C#N)=C2C(=C(C#N)c3c(C#N)c(B)c(B)c(B)c3C#N)C2=C(C#N)c2c(C#N)c(B)c(B)c(B)c2C#N)c(C#N)c1B. The Hall–Kier alpha value is -7.13. The molecule has 3 aromatic carbocycles. The van der Waals surface area contributed by atoms with Crippen molar-refractivity contribution in [2.45, 2.75) is 0 Å². The molecule has 4 rings (SSSR count). The third-order valence-corrected chi connectivity index (χ3v) is 10.3. The molecule has 0 saturated heterocycles. The second-order valence-corrected chi connectivity index (χ2v) is 12.3. The zero-order valence-corrected chi connectivity index (χ0v) is 29.5. The molecule has 0 unspecified atom stereocenters. The van der Waals surface area contributed by atoms with Crippen LogP contribution in [0.1, 0.15) is 50.1 Å². The van der Waals surface area contributed by atoms with Crippen LogP contribution in [0.5, 0.6) is 0 Å². The van der Waals surface area contributed by atoms with Crippen molar-refractivity contribution in [3.05, 3.63) is 66.8 Å². The highest BCUT2D eigenvalue weighted by molar-refractivity contribution is 6.60. The van der Waals surface area contributed by atoms with Crippen LogP contribution < -0.4 is 49.2 Å². The van der Waals surface area contributed by atoms with Gasteiger partial charge in [0, 0.05) is 33.4 Å². The van der Waals surface area contributed by atoms with Crippen molar-refractivity contribution in [1.29, 1.82) is 47.4 Å². The summed E-state index contributed by atoms with van der Waals surface area (Å²) in [6, 6.07) is 19.2. The fraction of sp³-hybridized carbons (Fsp3) is 0. The summed E-state index contributed by atoms with van der Waals surface area (Å²) in [4.78, 5) is 0. The van der Waals surface area contributed by atoms with E-state index in [9.17, 15) is 47.4 Å². The van der Waals surface area contributed by atoms with E-state index in [1.165, 1.54) is 0 Å². The van der Waals surface area contributed by atoms with Gasteiger partial charge in [0.25, 0.3) is 0 Å². The Kier molecular flexibility index (Phi) is 9.91. The van der Waals surface area contributed by atoms with Crippen molar-refractivity contribution in [1.82, 2.24) is 0 Å². The highest BCUT2D eigenvalue weighted by atomic mass is 14.5. The van der Waals surface area contributed by atoms with Crippen LogP contribution in [0.4, 0.5) is 0 Å². The molecule has 0 aliphatic heterocycles. The number of allylic oxidation sites excluding steroid dienone is 6. The summed E-state index contributed by atoms with van der Waals surface area (Å²) < 4.78 is 0. The summed E-state index contributed by atoms with van der Waals surface area (Å²) in [5, 5.41) is 94.8. The monoisotopic (exact) mass is 639 g/mol. The Bertz CT molecular complexity index is 2300. The van der Waals surface area contributed by atoms with Crippen LogP contribution in [-0.4, -0.2) is 70.6 Å². The molecule has 1 saturated carbocycles. The molecule has 0 aromatic heterocycles. The van der Waals surface area contributed by atoms with Gasteiger partial charge in [-0.2, -0.15) is 47.4 Å². The summed E-state index contributed by atoms with van der Waals surface area (Å²) in [6.45, 7) is 0. The standard InChI is InChI=1S/C33H18B9N9/c34-25-13(4-46)19(14(5-47)26(35)31(25)40)10(1-43)22-23(11(2-44)20-15(6-48)27(36)32(41)28(37)16(20)7-49)24(22)12(3-45)21-17(8-50)29(38)33(42)30(39)18(21)9-51/h34-42H2. The number of hydrogen-bond donors (Lipinski definition) is 0. The predicted molar refractivity (Wildman–Crippen MR) is 219 cm³/mol. The highest BCUT2D eigenvalue weighted by Gasteiger charge is 2.44. The molecule has 18 heteroatoms. The van der Waals surface area contributed by atoms with E-state index >= 15 is 0 Å². The molecule has 0 spiro atoms. The third kappa shape index (κ3) is 5.24. The van der Waals surface area contributed by atoms with E-state index in [1.54, 1.807) is 70.6 Å². The molecule has 1 fully saturated rings. The number of benzene rings is 3. The van der Waals surface area contributed by atoms with Gasteiger partial charge in [0.1, 0.15) is 88.8 Å². The predicted octanol–water partition coefficient (Wildman–Crippen LogP) is -10.5. The molecule has 0 amide bonds. The second kappa shape index (κ2) is 13.8. The molecule has 0 heterocycles. The number of rotatable bonds is 3. The Labute approximate surface area is 304 Å². The Morgan fingerprint density at radius 1 is 0.275 bits per heavy atom. The van der Waals surface area contributed by atoms with Crippen LogP contribution >= 0.6 is 0 Å². The maximum atomic E-state index is 10.9. The molecule has 51 heavy (non-hydrogen) atoms. The number of nitrogens with zero attached hydrogens (tertiary/aromatic N) is 9. The first kappa shape index (κ1) is 36.7. The lowest BCUT2D eigenvalue weighted by atomic mass is 9.66. The van der Waals surface area contributed by atoms with E-state index in [1.807, 2.05) is 0 Å². The van der Waals surface area contributed by atoms with E-state index in [0.29, 0.717) is 49.2 Å². The van der Waals surface area contributed by atoms with E-state index in [-0.39, 0.29) is 83.5 Å². The van der Waals surface area contributed by atoms with Crippen LogP contribution in [-0.2, 0) is 0 Å². The van der Waals surface area contributed by atoms with Gasteiger partial charge in [-0.05, 0) is 0 Å². The molecule has 222 valence electrons. The minimum atomic E-state index is -0.185. The quantitative estimate of drug-likeness (QED) is 0.197. The van der Waals surface area contributed by atoms with Gasteiger partial charge in [0.15, 0.2) is 0 Å². The second-order valence-electron chi connectivity index (χ2n) is 12.3. The summed E-state index contributed by atoms with van der Waals surface area (Å²) >= 11 is 0. The van der Waals surface area contributed by atoms with Gasteiger partial charge in [0.05, 0.1) is 86.5 Å². The van der Waals surface area contributed by atoms with E-state index in [2.05, 4.69) is 54.6 Å². The Morgan fingerprint density at radius 2 is 0.431 bits per heavy atom. The lowest BCUT2D eigenvalue weighted by molar-refractivity contribution is 1.44. The fourth-order valence-corrected chi connectivity index (χ4v) is 6.71. The van der Waals surface area contributed by atoms with Crippen molar-refractivity contribution in [3.8, 4) is 54.6 Å². The summed E-state index contributed by atoms with van der Waals surface area (Å²) in [5.74, 6) is 0. The van der Waals surface area contributed by atoms with Gasteiger partial charge in [0.2, 0.25) is 0 Å². The maximum Gasteiger partial charge on any atom is 0.140 e. The summed E-state index contributed by atoms with van der Waals surface area (Å²) in [6.07, 6.45) is 0. The summed E-state index contributed by atoms with van der Waals surface area (Å²) in [5.41, 5.74) is 5.10. The molecule has 1 aliphatic carbocycles. The Balaban J connectivity index is 2.51. The molecular formula is C33H18B9N9. The first-order valence-electron chi connectivity index (χ1n) is 15.5. The van der Waals surface area contributed by atoms with Gasteiger partial charge in [-0.1, -0.05) is 49.2 Å². The van der Waals surface area contributed by atoms with Crippen LogP contribution in [0.3, 0.4) is 0 Å². The van der Waals surface area contributed by atoms with E-state index in [0.717, 1.165) is 0 Å². The maximum absolute atomic E-state index is 10.9. The van der Waals surface area contributed by atoms with Crippen molar-refractivity contribution >= 4 is 137 Å². The lowest BCUT2D eigenvalue weighted by Crippen LogP contribution is -2.43. The topological polar surface area (TPSA) is 214 Å². The van der Waals surface area contributed by atoms with Crippen molar-refractivity contribution in [3.63, 3.8) is 0 Å². The van der Waals surface area contributed by atoms with E-state index in [4.69, 9.17) is 0 Å². The average Bonchev–Trinajstić information content (AvgIpc) is 3.84. The minimum Gasteiger partial charge on any atom is -0.192 e. The van der Waals surface area contributed by atoms with Gasteiger partial charge < -0.3 is 0 Å². The molecular weight excluding hydrogens is 620 g/mol. The van der Waals surface area contributed by atoms with Crippen molar-refractivity contribution < 1.29 is 0 Å². The number of hydrogen-bond acceptors (Lipinski definition) is 9. The highest BCUT2D eigenvalue weighted by Crippen LogP contribution is 2.56. The molecule has 3 aromatic rings. The third-order valence-electron chi connectivity index (χ3n) is 10.3. The zero-order chi connectivity index (χ0) is 38.2. The number of nitriles is 9. The van der Waals surface area contributed by atoms with Gasteiger partial charge in [-0.3, -0.25) is 0 Å². The van der Waals surface area contributed by atoms with Gasteiger partial charge >= 0.3 is 0 Å². The van der Waals surface area contributed by atoms with Gasteiger partial charge in [-0.15, -0.1) is 0 Å². The zero-order valence-electron chi connectivity index (χ0n) is 29.5. The van der Waals surface area contributed by atoms with Gasteiger partial charge in [-0.25, -0.2) is 0 Å². The summed E-state index contributed by atoms with van der Waals surface area (Å²) in [7, 11) is 15.4. The van der Waals surface area contributed by atoms with Crippen LogP contribution in [0, 0.1) is 102 Å². The van der Waals surface area contributed by atoms with E-state index < -0.39 is 0 Å². The molecule has 9 nitrogen and oxygen atoms in total. The average molecular weight is 638 g/mol. The van der Waals surface area contributed by atoms with Crippen molar-refractivity contribution in [2.24, 2.45) is 0 Å². The van der Waals surface area contributed by atoms with Crippen LogP contribution in [0.2, 0.25) is 0 Å². The molecule has 0 radical (unpaired) electrons.